The molecule has 0 aromatic heterocycles. The van der Waals surface area contributed by atoms with E-state index < -0.39 is 0 Å². The first kappa shape index (κ1) is 18.9. The van der Waals surface area contributed by atoms with Crippen LogP contribution in [0.2, 0.25) is 0 Å². The second kappa shape index (κ2) is 7.55. The van der Waals surface area contributed by atoms with Crippen molar-refractivity contribution >= 4 is 17.6 Å². The number of hydrogen-bond donors (Lipinski definition) is 1. The number of ether oxygens (including phenoxy) is 1. The molecular formula is C25H23NO3. The molecule has 0 saturated carbocycles. The molecule has 4 rings (SSSR count). The molecule has 1 atom stereocenters. The van der Waals surface area contributed by atoms with E-state index in [1.165, 1.54) is 0 Å². The predicted molar refractivity (Wildman–Crippen MR) is 113 cm³/mol. The number of rotatable bonds is 3. The van der Waals surface area contributed by atoms with Gasteiger partial charge in [-0.05, 0) is 67.3 Å². The maximum absolute atomic E-state index is 12.8. The van der Waals surface area contributed by atoms with E-state index in [1.807, 2.05) is 63.2 Å². The summed E-state index contributed by atoms with van der Waals surface area (Å²) in [6.45, 7) is 5.97. The Hall–Kier alpha value is -3.40. The zero-order chi connectivity index (χ0) is 20.5. The van der Waals surface area contributed by atoms with E-state index in [0.717, 1.165) is 33.5 Å². The van der Waals surface area contributed by atoms with Gasteiger partial charge in [0.05, 0.1) is 5.56 Å². The number of hydrogen-bond acceptors (Lipinski definition) is 3. The van der Waals surface area contributed by atoms with Crippen molar-refractivity contribution in [3.63, 3.8) is 0 Å². The molecule has 1 aliphatic heterocycles. The Morgan fingerprint density at radius 1 is 0.931 bits per heavy atom. The minimum absolute atomic E-state index is 0.188. The van der Waals surface area contributed by atoms with Crippen LogP contribution in [0.3, 0.4) is 0 Å². The van der Waals surface area contributed by atoms with Crippen molar-refractivity contribution in [2.24, 2.45) is 0 Å². The molecule has 4 heteroatoms. The maximum atomic E-state index is 12.8. The van der Waals surface area contributed by atoms with Gasteiger partial charge in [-0.3, -0.25) is 4.79 Å². The lowest BCUT2D eigenvalue weighted by atomic mass is 9.92. The first-order valence-electron chi connectivity index (χ1n) is 9.70. The van der Waals surface area contributed by atoms with Crippen LogP contribution in [0, 0.1) is 20.8 Å². The third-order valence-electron chi connectivity index (χ3n) is 5.33. The monoisotopic (exact) mass is 385 g/mol. The molecule has 3 aromatic carbocycles. The van der Waals surface area contributed by atoms with Crippen LogP contribution in [-0.4, -0.2) is 11.9 Å². The summed E-state index contributed by atoms with van der Waals surface area (Å²) in [6, 6.07) is 19.1. The molecule has 0 radical (unpaired) electrons. The quantitative estimate of drug-likeness (QED) is 0.621. The Morgan fingerprint density at radius 2 is 1.66 bits per heavy atom. The zero-order valence-electron chi connectivity index (χ0n) is 16.8. The lowest BCUT2D eigenvalue weighted by Crippen LogP contribution is -2.23. The first-order valence-corrected chi connectivity index (χ1v) is 9.70. The Kier molecular flexibility index (Phi) is 4.93. The Morgan fingerprint density at radius 3 is 2.41 bits per heavy atom. The average molecular weight is 385 g/mol. The summed E-state index contributed by atoms with van der Waals surface area (Å²) < 4.78 is 5.62. The summed E-state index contributed by atoms with van der Waals surface area (Å²) in [5, 5.41) is 2.98. The van der Waals surface area contributed by atoms with Crippen LogP contribution in [0.1, 0.15) is 54.6 Å². The molecule has 0 spiro atoms. The van der Waals surface area contributed by atoms with Crippen LogP contribution in [0.15, 0.2) is 60.7 Å². The molecule has 0 saturated heterocycles. The zero-order valence-corrected chi connectivity index (χ0v) is 16.8. The molecule has 0 aliphatic carbocycles. The minimum Gasteiger partial charge on any atom is -0.454 e. The highest BCUT2D eigenvalue weighted by molar-refractivity contribution is 6.05. The Bertz CT molecular complexity index is 1100. The smallest absolute Gasteiger partial charge is 0.339 e. The van der Waals surface area contributed by atoms with Gasteiger partial charge in [-0.1, -0.05) is 42.0 Å². The molecule has 3 aromatic rings. The molecular weight excluding hydrogens is 362 g/mol. The standard InChI is InChI=1S/C25H23NO3/c1-15-5-8-18(9-6-15)23-14-20-13-19(10-11-21(20)25(28)29-23)24(27)26-22-12-16(2)4-7-17(22)3/h4-13,23H,14H2,1-3H3,(H,26,27)/t23-/m1/s1. The largest absolute Gasteiger partial charge is 0.454 e. The number of carbonyl (C=O) groups excluding carboxylic acids is 2. The number of anilines is 1. The normalized spacial score (nSPS) is 15.4. The van der Waals surface area contributed by atoms with Gasteiger partial charge in [-0.15, -0.1) is 0 Å². The van der Waals surface area contributed by atoms with Gasteiger partial charge in [0.15, 0.2) is 0 Å². The number of fused-ring (bicyclic) bond motifs is 1. The molecule has 0 unspecified atom stereocenters. The van der Waals surface area contributed by atoms with Crippen molar-refractivity contribution in [1.82, 2.24) is 0 Å². The highest BCUT2D eigenvalue weighted by Gasteiger charge is 2.28. The summed E-state index contributed by atoms with van der Waals surface area (Å²) in [5.41, 5.74) is 6.88. The number of amides is 1. The van der Waals surface area contributed by atoms with E-state index in [2.05, 4.69) is 5.32 Å². The van der Waals surface area contributed by atoms with Crippen molar-refractivity contribution in [1.29, 1.82) is 0 Å². The Balaban J connectivity index is 1.60. The summed E-state index contributed by atoms with van der Waals surface area (Å²) in [5.74, 6) is -0.536. The van der Waals surface area contributed by atoms with Crippen LogP contribution in [0.4, 0.5) is 5.69 Å². The fraction of sp³-hybridized carbons (Fsp3) is 0.200. The van der Waals surface area contributed by atoms with Gasteiger partial charge in [0, 0.05) is 17.7 Å². The summed E-state index contributed by atoms with van der Waals surface area (Å²) in [4.78, 5) is 25.3. The van der Waals surface area contributed by atoms with Crippen LogP contribution >= 0.6 is 0 Å². The summed E-state index contributed by atoms with van der Waals surface area (Å²) in [6.07, 6.45) is 0.210. The topological polar surface area (TPSA) is 55.4 Å². The van der Waals surface area contributed by atoms with Gasteiger partial charge in [0.2, 0.25) is 0 Å². The molecule has 1 amide bonds. The van der Waals surface area contributed by atoms with E-state index in [-0.39, 0.29) is 18.0 Å². The third kappa shape index (κ3) is 3.92. The maximum Gasteiger partial charge on any atom is 0.339 e. The first-order chi connectivity index (χ1) is 13.9. The van der Waals surface area contributed by atoms with Gasteiger partial charge in [-0.2, -0.15) is 0 Å². The summed E-state index contributed by atoms with van der Waals surface area (Å²) >= 11 is 0. The van der Waals surface area contributed by atoms with E-state index in [4.69, 9.17) is 4.74 Å². The van der Waals surface area contributed by atoms with Gasteiger partial charge in [-0.25, -0.2) is 4.79 Å². The van der Waals surface area contributed by atoms with E-state index >= 15 is 0 Å². The minimum atomic E-state index is -0.349. The second-order valence-electron chi connectivity index (χ2n) is 7.65. The number of carbonyl (C=O) groups is 2. The number of cyclic esters (lactones) is 1. The SMILES string of the molecule is Cc1ccc([C@H]2Cc3cc(C(=O)Nc4cc(C)ccc4C)ccc3C(=O)O2)cc1. The predicted octanol–water partition coefficient (Wildman–Crippen LogP) is 5.32. The number of benzene rings is 3. The van der Waals surface area contributed by atoms with Gasteiger partial charge in [0.25, 0.3) is 5.91 Å². The molecule has 146 valence electrons. The van der Waals surface area contributed by atoms with Crippen molar-refractivity contribution in [2.75, 3.05) is 5.32 Å². The Labute approximate surface area is 170 Å². The lowest BCUT2D eigenvalue weighted by molar-refractivity contribution is 0.0252. The van der Waals surface area contributed by atoms with Crippen molar-refractivity contribution in [3.05, 3.63) is 99.6 Å². The second-order valence-corrected chi connectivity index (χ2v) is 7.65. The van der Waals surface area contributed by atoms with Crippen molar-refractivity contribution in [2.45, 2.75) is 33.3 Å². The molecule has 0 fully saturated rings. The van der Waals surface area contributed by atoms with Crippen LogP contribution in [0.25, 0.3) is 0 Å². The lowest BCUT2D eigenvalue weighted by Gasteiger charge is -2.25. The number of nitrogens with one attached hydrogen (secondary N) is 1. The summed E-state index contributed by atoms with van der Waals surface area (Å²) in [7, 11) is 0. The highest BCUT2D eigenvalue weighted by Crippen LogP contribution is 2.31. The fourth-order valence-electron chi connectivity index (χ4n) is 3.57. The average Bonchev–Trinajstić information content (AvgIpc) is 2.70. The number of esters is 1. The van der Waals surface area contributed by atoms with Gasteiger partial charge in [0.1, 0.15) is 6.10 Å². The van der Waals surface area contributed by atoms with Crippen molar-refractivity contribution in [3.8, 4) is 0 Å². The molecule has 4 nitrogen and oxygen atoms in total. The van der Waals surface area contributed by atoms with Crippen LogP contribution in [-0.2, 0) is 11.2 Å². The fourth-order valence-corrected chi connectivity index (χ4v) is 3.57. The van der Waals surface area contributed by atoms with E-state index in [9.17, 15) is 9.59 Å². The van der Waals surface area contributed by atoms with Crippen LogP contribution in [0.5, 0.6) is 0 Å². The number of aryl methyl sites for hydroxylation is 3. The van der Waals surface area contributed by atoms with Crippen LogP contribution < -0.4 is 5.32 Å². The molecule has 29 heavy (non-hydrogen) atoms. The van der Waals surface area contributed by atoms with Gasteiger partial charge >= 0.3 is 5.97 Å². The van der Waals surface area contributed by atoms with Crippen molar-refractivity contribution < 1.29 is 14.3 Å². The molecule has 1 N–H and O–H groups in total. The molecule has 1 aliphatic rings. The van der Waals surface area contributed by atoms with Gasteiger partial charge < -0.3 is 10.1 Å². The van der Waals surface area contributed by atoms with E-state index in [0.29, 0.717) is 17.5 Å². The third-order valence-corrected chi connectivity index (χ3v) is 5.33. The van der Waals surface area contributed by atoms with E-state index in [1.54, 1.807) is 18.2 Å². The molecule has 1 heterocycles. The molecule has 0 bridgehead atoms. The highest BCUT2D eigenvalue weighted by atomic mass is 16.5.